The molecular formula is C15H24OS. The smallest absolute Gasteiger partial charge is 0.235 e. The Kier molecular flexibility index (Phi) is 12.2. The summed E-state index contributed by atoms with van der Waals surface area (Å²) < 4.78 is 0.0931. The van der Waals surface area contributed by atoms with Crippen molar-refractivity contribution in [2.75, 3.05) is 0 Å². The zero-order valence-corrected chi connectivity index (χ0v) is 12.5. The summed E-state index contributed by atoms with van der Waals surface area (Å²) in [5.41, 5.74) is 1.74. The highest BCUT2D eigenvalue weighted by molar-refractivity contribution is 7.10. The first kappa shape index (κ1) is 18.2. The van der Waals surface area contributed by atoms with Crippen LogP contribution in [-0.4, -0.2) is 0 Å². The van der Waals surface area contributed by atoms with Gasteiger partial charge in [0.25, 0.3) is 0 Å². The van der Waals surface area contributed by atoms with Crippen molar-refractivity contribution >= 4 is 23.5 Å². The molecule has 1 heterocycles. The highest BCUT2D eigenvalue weighted by Crippen LogP contribution is 2.15. The van der Waals surface area contributed by atoms with E-state index >= 15 is 0 Å². The molecule has 0 unspecified atom stereocenters. The maximum Gasteiger partial charge on any atom is 0.235 e. The molecule has 1 nitrogen and oxygen atoms in total. The predicted octanol–water partition coefficient (Wildman–Crippen LogP) is 5.15. The van der Waals surface area contributed by atoms with Crippen molar-refractivity contribution in [3.05, 3.63) is 44.8 Å². The first-order valence-corrected chi connectivity index (χ1v) is 6.81. The maximum absolute atomic E-state index is 11.2. The minimum atomic E-state index is 0.0931. The fourth-order valence-corrected chi connectivity index (χ4v) is 1.68. The molecule has 1 aromatic rings. The van der Waals surface area contributed by atoms with Crippen LogP contribution >= 0.6 is 11.3 Å². The van der Waals surface area contributed by atoms with Crippen LogP contribution in [0.25, 0.3) is 12.2 Å². The molecule has 0 amide bonds. The molecule has 0 aliphatic heterocycles. The lowest BCUT2D eigenvalue weighted by Gasteiger charge is -1.98. The Labute approximate surface area is 110 Å². The molecular weight excluding hydrogens is 228 g/mol. The molecule has 0 aromatic carbocycles. The molecule has 0 radical (unpaired) electrons. The summed E-state index contributed by atoms with van der Waals surface area (Å²) in [5, 5.41) is 0. The lowest BCUT2D eigenvalue weighted by Crippen LogP contribution is -1.99. The van der Waals surface area contributed by atoms with E-state index in [9.17, 15) is 4.79 Å². The van der Waals surface area contributed by atoms with Gasteiger partial charge in [0.15, 0.2) is 0 Å². The summed E-state index contributed by atoms with van der Waals surface area (Å²) in [5.74, 6) is 0. The van der Waals surface area contributed by atoms with E-state index in [4.69, 9.17) is 0 Å². The fraction of sp³-hybridized carbons (Fsp3) is 0.400. The van der Waals surface area contributed by atoms with Gasteiger partial charge in [-0.05, 0) is 18.6 Å². The number of hydrogen-bond donors (Lipinski definition) is 0. The molecule has 0 saturated heterocycles. The molecule has 2 heteroatoms. The SMILES string of the molecule is C=Cc1cc(C)c(=O)sc1C=C.CC.CCC. The number of hydrogen-bond acceptors (Lipinski definition) is 2. The summed E-state index contributed by atoms with van der Waals surface area (Å²) in [4.78, 5) is 12.1. The molecule has 0 fully saturated rings. The van der Waals surface area contributed by atoms with Crippen LogP contribution in [0.15, 0.2) is 24.0 Å². The summed E-state index contributed by atoms with van der Waals surface area (Å²) in [6.07, 6.45) is 4.67. The first-order valence-electron chi connectivity index (χ1n) is 6.00. The highest BCUT2D eigenvalue weighted by atomic mass is 32.1. The largest absolute Gasteiger partial charge is 0.278 e. The van der Waals surface area contributed by atoms with Crippen LogP contribution in [0, 0.1) is 6.92 Å². The van der Waals surface area contributed by atoms with Crippen LogP contribution in [0.5, 0.6) is 0 Å². The van der Waals surface area contributed by atoms with E-state index in [0.717, 1.165) is 16.0 Å². The third kappa shape index (κ3) is 6.90. The Morgan fingerprint density at radius 1 is 1.24 bits per heavy atom. The zero-order chi connectivity index (χ0) is 13.8. The zero-order valence-electron chi connectivity index (χ0n) is 11.7. The van der Waals surface area contributed by atoms with Gasteiger partial charge in [0.1, 0.15) is 0 Å². The Balaban J connectivity index is 0. The van der Waals surface area contributed by atoms with Gasteiger partial charge in [-0.25, -0.2) is 0 Å². The second kappa shape index (κ2) is 11.3. The topological polar surface area (TPSA) is 17.1 Å². The van der Waals surface area contributed by atoms with Crippen LogP contribution in [0.2, 0.25) is 0 Å². The molecule has 1 aromatic heterocycles. The summed E-state index contributed by atoms with van der Waals surface area (Å²) in [7, 11) is 0. The van der Waals surface area contributed by atoms with Crippen LogP contribution in [0.1, 0.15) is 50.1 Å². The molecule has 17 heavy (non-hydrogen) atoms. The molecule has 0 atom stereocenters. The van der Waals surface area contributed by atoms with Crippen LogP contribution < -0.4 is 4.74 Å². The Bertz CT molecular complexity index is 388. The van der Waals surface area contributed by atoms with Gasteiger partial charge < -0.3 is 0 Å². The summed E-state index contributed by atoms with van der Waals surface area (Å²) in [6, 6.07) is 1.84. The van der Waals surface area contributed by atoms with Crippen LogP contribution in [0.4, 0.5) is 0 Å². The minimum absolute atomic E-state index is 0.0931. The van der Waals surface area contributed by atoms with Crippen molar-refractivity contribution in [2.24, 2.45) is 0 Å². The van der Waals surface area contributed by atoms with Crippen molar-refractivity contribution in [1.29, 1.82) is 0 Å². The summed E-state index contributed by atoms with van der Waals surface area (Å²) in [6.45, 7) is 17.4. The predicted molar refractivity (Wildman–Crippen MR) is 82.8 cm³/mol. The second-order valence-corrected chi connectivity index (χ2v) is 4.17. The lowest BCUT2D eigenvalue weighted by atomic mass is 10.2. The van der Waals surface area contributed by atoms with Crippen molar-refractivity contribution < 1.29 is 0 Å². The van der Waals surface area contributed by atoms with Gasteiger partial charge in [-0.1, -0.05) is 70.8 Å². The highest BCUT2D eigenvalue weighted by Gasteiger charge is 2.00. The Hall–Kier alpha value is -1.15. The van der Waals surface area contributed by atoms with Gasteiger partial charge in [0, 0.05) is 10.4 Å². The average molecular weight is 252 g/mol. The first-order chi connectivity index (χ1) is 8.10. The Morgan fingerprint density at radius 2 is 1.71 bits per heavy atom. The normalized spacial score (nSPS) is 8.06. The van der Waals surface area contributed by atoms with Gasteiger partial charge in [0.2, 0.25) is 4.74 Å². The van der Waals surface area contributed by atoms with Gasteiger partial charge >= 0.3 is 0 Å². The molecule has 0 spiro atoms. The van der Waals surface area contributed by atoms with Gasteiger partial charge in [0.05, 0.1) is 0 Å². The molecule has 0 N–H and O–H groups in total. The van der Waals surface area contributed by atoms with E-state index < -0.39 is 0 Å². The molecule has 0 aliphatic rings. The number of rotatable bonds is 2. The Morgan fingerprint density at radius 3 is 2.06 bits per heavy atom. The van der Waals surface area contributed by atoms with E-state index in [-0.39, 0.29) is 4.74 Å². The fourth-order valence-electron chi connectivity index (χ4n) is 0.922. The third-order valence-corrected chi connectivity index (χ3v) is 2.72. The quantitative estimate of drug-likeness (QED) is 0.711. The summed E-state index contributed by atoms with van der Waals surface area (Å²) >= 11 is 1.21. The lowest BCUT2D eigenvalue weighted by molar-refractivity contribution is 1.09. The van der Waals surface area contributed by atoms with Gasteiger partial charge in [-0.15, -0.1) is 0 Å². The molecule has 0 bridgehead atoms. The molecule has 96 valence electrons. The molecule has 0 aliphatic carbocycles. The van der Waals surface area contributed by atoms with E-state index in [1.54, 1.807) is 19.1 Å². The van der Waals surface area contributed by atoms with Crippen LogP contribution in [0.3, 0.4) is 0 Å². The maximum atomic E-state index is 11.2. The van der Waals surface area contributed by atoms with Crippen molar-refractivity contribution in [1.82, 2.24) is 0 Å². The molecule has 1 rings (SSSR count). The van der Waals surface area contributed by atoms with E-state index in [2.05, 4.69) is 27.0 Å². The molecule has 0 saturated carbocycles. The third-order valence-electron chi connectivity index (χ3n) is 1.59. The number of aryl methyl sites for hydroxylation is 1. The average Bonchev–Trinajstić information content (AvgIpc) is 2.35. The minimum Gasteiger partial charge on any atom is -0.278 e. The van der Waals surface area contributed by atoms with E-state index in [0.29, 0.717) is 0 Å². The van der Waals surface area contributed by atoms with Crippen molar-refractivity contribution in [2.45, 2.75) is 41.0 Å². The van der Waals surface area contributed by atoms with Crippen LogP contribution in [-0.2, 0) is 0 Å². The van der Waals surface area contributed by atoms with Gasteiger partial charge in [-0.2, -0.15) is 0 Å². The monoisotopic (exact) mass is 252 g/mol. The van der Waals surface area contributed by atoms with Crippen molar-refractivity contribution in [3.63, 3.8) is 0 Å². The van der Waals surface area contributed by atoms with E-state index in [1.807, 2.05) is 19.9 Å². The van der Waals surface area contributed by atoms with Gasteiger partial charge in [-0.3, -0.25) is 4.79 Å². The van der Waals surface area contributed by atoms with E-state index in [1.165, 1.54) is 17.8 Å². The van der Waals surface area contributed by atoms with Crippen molar-refractivity contribution in [3.8, 4) is 0 Å². The standard InChI is InChI=1S/C10H10OS.C3H8.C2H6/c1-4-8-6-7(3)10(11)12-9(8)5-2;1-3-2;1-2/h4-6H,1-2H2,3H3;3H2,1-2H3;1-2H3. The second-order valence-electron chi connectivity index (χ2n) is 3.15.